The Morgan fingerprint density at radius 2 is 2.10 bits per heavy atom. The molecule has 2 rings (SSSR count). The van der Waals surface area contributed by atoms with E-state index in [0.29, 0.717) is 6.04 Å². The fourth-order valence-corrected chi connectivity index (χ4v) is 2.11. The van der Waals surface area contributed by atoms with Crippen molar-refractivity contribution in [1.82, 2.24) is 5.32 Å². The summed E-state index contributed by atoms with van der Waals surface area (Å²) >= 11 is 0. The Morgan fingerprint density at radius 3 is 2.76 bits per heavy atom. The Morgan fingerprint density at radius 1 is 1.33 bits per heavy atom. The quantitative estimate of drug-likeness (QED) is 0.672. The van der Waals surface area contributed by atoms with Crippen LogP contribution in [0.25, 0.3) is 0 Å². The van der Waals surface area contributed by atoms with Crippen molar-refractivity contribution in [2.24, 2.45) is 5.92 Å². The van der Waals surface area contributed by atoms with Crippen molar-refractivity contribution >= 4 is 0 Å². The lowest BCUT2D eigenvalue weighted by Crippen LogP contribution is -2.21. The number of benzene rings is 1. The molecule has 1 fully saturated rings. The molecule has 0 aliphatic heterocycles. The number of nitriles is 1. The Kier molecular flexibility index (Phi) is 6.52. The number of nitrogens with zero attached hydrogens (tertiary/aromatic N) is 1. The van der Waals surface area contributed by atoms with Crippen LogP contribution >= 0.6 is 0 Å². The van der Waals surface area contributed by atoms with Gasteiger partial charge in [0.15, 0.2) is 6.61 Å². The first-order valence-electron chi connectivity index (χ1n) is 7.70. The third kappa shape index (κ3) is 6.16. The zero-order valence-corrected chi connectivity index (χ0v) is 12.7. The van der Waals surface area contributed by atoms with E-state index >= 15 is 0 Å². The lowest BCUT2D eigenvalue weighted by Gasteiger charge is -2.14. The second kappa shape index (κ2) is 8.66. The summed E-state index contributed by atoms with van der Waals surface area (Å²) in [6, 6.07) is 10.2. The Balaban J connectivity index is 1.60. The van der Waals surface area contributed by atoms with Gasteiger partial charge in [-0.15, -0.1) is 0 Å². The maximum atomic E-state index is 8.47. The lowest BCUT2D eigenvalue weighted by molar-refractivity contribution is 0.121. The van der Waals surface area contributed by atoms with Gasteiger partial charge in [-0.3, -0.25) is 0 Å². The highest BCUT2D eigenvalue weighted by molar-refractivity contribution is 5.29. The molecule has 1 aromatic rings. The molecule has 0 heterocycles. The molecule has 0 spiro atoms. The highest BCUT2D eigenvalue weighted by Crippen LogP contribution is 2.28. The van der Waals surface area contributed by atoms with Crippen LogP contribution in [0.4, 0.5) is 0 Å². The smallest absolute Gasteiger partial charge is 0.174 e. The molecule has 1 saturated carbocycles. The Bertz CT molecular complexity index is 449. The molecule has 0 radical (unpaired) electrons. The largest absolute Gasteiger partial charge is 0.479 e. The van der Waals surface area contributed by atoms with Crippen LogP contribution in [0, 0.1) is 17.2 Å². The highest BCUT2D eigenvalue weighted by Gasteiger charge is 2.20. The van der Waals surface area contributed by atoms with Gasteiger partial charge in [-0.05, 0) is 56.3 Å². The first-order chi connectivity index (χ1) is 10.3. The molecule has 4 nitrogen and oxygen atoms in total. The molecular weight excluding hydrogens is 264 g/mol. The summed E-state index contributed by atoms with van der Waals surface area (Å²) in [5.74, 6) is 1.58. The van der Waals surface area contributed by atoms with Gasteiger partial charge in [0.1, 0.15) is 11.8 Å². The number of ether oxygens (including phenoxy) is 2. The van der Waals surface area contributed by atoms with Crippen LogP contribution in [-0.2, 0) is 4.74 Å². The van der Waals surface area contributed by atoms with E-state index in [1.807, 2.05) is 30.3 Å². The molecule has 1 aliphatic carbocycles. The minimum Gasteiger partial charge on any atom is -0.479 e. The van der Waals surface area contributed by atoms with Crippen LogP contribution in [0.5, 0.6) is 5.75 Å². The standard InChI is InChI=1S/C17H24N2O2/c1-14(19-10-2-11-20-13-15-3-4-15)16-5-7-17(8-6-16)21-12-9-18/h5-8,14-15,19H,2-4,10-13H2,1H3. The van der Waals surface area contributed by atoms with Gasteiger partial charge in [0.25, 0.3) is 0 Å². The third-order valence-electron chi connectivity index (χ3n) is 3.65. The summed E-state index contributed by atoms with van der Waals surface area (Å²) in [4.78, 5) is 0. The third-order valence-corrected chi connectivity index (χ3v) is 3.65. The summed E-state index contributed by atoms with van der Waals surface area (Å²) in [5.41, 5.74) is 1.22. The maximum absolute atomic E-state index is 8.47. The van der Waals surface area contributed by atoms with Crippen molar-refractivity contribution in [2.75, 3.05) is 26.4 Å². The molecule has 1 unspecified atom stereocenters. The molecule has 0 aromatic heterocycles. The lowest BCUT2D eigenvalue weighted by atomic mass is 10.1. The van der Waals surface area contributed by atoms with Gasteiger partial charge in [-0.1, -0.05) is 12.1 Å². The average Bonchev–Trinajstić information content (AvgIpc) is 3.33. The van der Waals surface area contributed by atoms with E-state index in [2.05, 4.69) is 12.2 Å². The van der Waals surface area contributed by atoms with Gasteiger partial charge >= 0.3 is 0 Å². The molecule has 114 valence electrons. The first-order valence-corrected chi connectivity index (χ1v) is 7.70. The maximum Gasteiger partial charge on any atom is 0.174 e. The molecular formula is C17H24N2O2. The molecule has 1 aliphatic rings. The average molecular weight is 288 g/mol. The van der Waals surface area contributed by atoms with Crippen LogP contribution < -0.4 is 10.1 Å². The van der Waals surface area contributed by atoms with Gasteiger partial charge < -0.3 is 14.8 Å². The normalized spacial score (nSPS) is 15.4. The fourth-order valence-electron chi connectivity index (χ4n) is 2.11. The summed E-state index contributed by atoms with van der Waals surface area (Å²) in [5, 5.41) is 12.0. The summed E-state index contributed by atoms with van der Waals surface area (Å²) in [6.07, 6.45) is 3.74. The topological polar surface area (TPSA) is 54.3 Å². The number of hydrogen-bond donors (Lipinski definition) is 1. The minimum atomic E-state index is 0.0913. The van der Waals surface area contributed by atoms with Crippen LogP contribution in [0.1, 0.15) is 37.8 Å². The zero-order valence-electron chi connectivity index (χ0n) is 12.7. The van der Waals surface area contributed by atoms with Crippen LogP contribution in [-0.4, -0.2) is 26.4 Å². The van der Waals surface area contributed by atoms with Crippen molar-refractivity contribution in [3.63, 3.8) is 0 Å². The molecule has 4 heteroatoms. The molecule has 0 saturated heterocycles. The van der Waals surface area contributed by atoms with Crippen LogP contribution in [0.3, 0.4) is 0 Å². The fraction of sp³-hybridized carbons (Fsp3) is 0.588. The number of nitrogens with one attached hydrogen (secondary N) is 1. The molecule has 0 bridgehead atoms. The van der Waals surface area contributed by atoms with Gasteiger partial charge in [-0.2, -0.15) is 5.26 Å². The predicted molar refractivity (Wildman–Crippen MR) is 82.1 cm³/mol. The molecule has 1 aromatic carbocycles. The van der Waals surface area contributed by atoms with Gasteiger partial charge in [0.05, 0.1) is 0 Å². The van der Waals surface area contributed by atoms with Gasteiger partial charge in [-0.25, -0.2) is 0 Å². The van der Waals surface area contributed by atoms with Crippen LogP contribution in [0.15, 0.2) is 24.3 Å². The van der Waals surface area contributed by atoms with Crippen molar-refractivity contribution in [1.29, 1.82) is 5.26 Å². The Labute approximate surface area is 127 Å². The van der Waals surface area contributed by atoms with E-state index in [-0.39, 0.29) is 6.61 Å². The van der Waals surface area contributed by atoms with Crippen molar-refractivity contribution in [3.8, 4) is 11.8 Å². The van der Waals surface area contributed by atoms with Crippen molar-refractivity contribution < 1.29 is 9.47 Å². The van der Waals surface area contributed by atoms with Crippen molar-refractivity contribution in [3.05, 3.63) is 29.8 Å². The molecule has 0 amide bonds. The van der Waals surface area contributed by atoms with E-state index in [4.69, 9.17) is 14.7 Å². The zero-order chi connectivity index (χ0) is 14.9. The summed E-state index contributed by atoms with van der Waals surface area (Å²) < 4.78 is 10.9. The predicted octanol–water partition coefficient (Wildman–Crippen LogP) is 3.06. The molecule has 1 N–H and O–H groups in total. The van der Waals surface area contributed by atoms with Crippen molar-refractivity contribution in [2.45, 2.75) is 32.2 Å². The second-order valence-electron chi connectivity index (χ2n) is 5.56. The summed E-state index contributed by atoms with van der Waals surface area (Å²) in [6.45, 7) is 4.99. The first kappa shape index (κ1) is 15.8. The van der Waals surface area contributed by atoms with Crippen LogP contribution in [0.2, 0.25) is 0 Å². The monoisotopic (exact) mass is 288 g/mol. The second-order valence-corrected chi connectivity index (χ2v) is 5.56. The van der Waals surface area contributed by atoms with E-state index < -0.39 is 0 Å². The SMILES string of the molecule is CC(NCCCOCC1CC1)c1ccc(OCC#N)cc1. The minimum absolute atomic E-state index is 0.0913. The van der Waals surface area contributed by atoms with Gasteiger partial charge in [0, 0.05) is 19.3 Å². The number of hydrogen-bond acceptors (Lipinski definition) is 4. The number of rotatable bonds is 10. The highest BCUT2D eigenvalue weighted by atomic mass is 16.5. The summed E-state index contributed by atoms with van der Waals surface area (Å²) in [7, 11) is 0. The van der Waals surface area contributed by atoms with E-state index in [0.717, 1.165) is 37.8 Å². The van der Waals surface area contributed by atoms with E-state index in [9.17, 15) is 0 Å². The van der Waals surface area contributed by atoms with Gasteiger partial charge in [0.2, 0.25) is 0 Å². The molecule has 21 heavy (non-hydrogen) atoms. The molecule has 1 atom stereocenters. The van der Waals surface area contributed by atoms with E-state index in [1.54, 1.807) is 0 Å². The Hall–Kier alpha value is -1.57. The van der Waals surface area contributed by atoms with E-state index in [1.165, 1.54) is 18.4 Å².